The molecule has 4 nitrogen and oxygen atoms in total. The van der Waals surface area contributed by atoms with E-state index in [2.05, 4.69) is 15.3 Å². The van der Waals surface area contributed by atoms with Crippen LogP contribution in [0.25, 0.3) is 0 Å². The van der Waals surface area contributed by atoms with Crippen LogP contribution in [0, 0.1) is 5.82 Å². The molecule has 0 fully saturated rings. The molecule has 0 aliphatic carbocycles. The highest BCUT2D eigenvalue weighted by Gasteiger charge is 2.11. The minimum Gasteiger partial charge on any atom is -0.367 e. The molecule has 1 unspecified atom stereocenters. The third kappa shape index (κ3) is 3.51. The summed E-state index contributed by atoms with van der Waals surface area (Å²) in [4.78, 5) is 18.7. The van der Waals surface area contributed by atoms with Crippen LogP contribution in [0.5, 0.6) is 0 Å². The Hall–Kier alpha value is -2.01. The van der Waals surface area contributed by atoms with Gasteiger partial charge in [0.1, 0.15) is 23.1 Å². The minimum atomic E-state index is -0.264. The van der Waals surface area contributed by atoms with E-state index in [4.69, 9.17) is 11.6 Å². The smallest absolute Gasteiger partial charge is 0.156 e. The molecule has 1 aromatic carbocycles. The molecule has 104 valence electrons. The number of carbonyl (C=O) groups excluding carboxylic acids is 1. The molecular formula is C14H13ClFN3O. The number of nitrogens with one attached hydrogen (secondary N) is 1. The van der Waals surface area contributed by atoms with Crippen LogP contribution >= 0.6 is 11.6 Å². The topological polar surface area (TPSA) is 54.9 Å². The van der Waals surface area contributed by atoms with Crippen LogP contribution in [0.2, 0.25) is 5.15 Å². The Morgan fingerprint density at radius 1 is 1.35 bits per heavy atom. The van der Waals surface area contributed by atoms with Crippen molar-refractivity contribution < 1.29 is 9.18 Å². The predicted molar refractivity (Wildman–Crippen MR) is 75.6 cm³/mol. The van der Waals surface area contributed by atoms with Gasteiger partial charge in [-0.25, -0.2) is 14.4 Å². The summed E-state index contributed by atoms with van der Waals surface area (Å²) in [6, 6.07) is 6.29. The number of hydrogen-bond donors (Lipinski definition) is 1. The van der Waals surface area contributed by atoms with Crippen LogP contribution in [-0.4, -0.2) is 22.3 Å². The van der Waals surface area contributed by atoms with E-state index >= 15 is 0 Å². The molecule has 0 saturated carbocycles. The van der Waals surface area contributed by atoms with Crippen molar-refractivity contribution in [2.45, 2.75) is 19.4 Å². The molecule has 0 aliphatic heterocycles. The Bertz CT molecular complexity index is 604. The van der Waals surface area contributed by atoms with E-state index < -0.39 is 0 Å². The molecule has 1 N–H and O–H groups in total. The fourth-order valence-electron chi connectivity index (χ4n) is 1.85. The van der Waals surface area contributed by atoms with Crippen molar-refractivity contribution in [2.75, 3.05) is 5.32 Å². The normalized spacial score (nSPS) is 11.9. The third-order valence-electron chi connectivity index (χ3n) is 2.79. The van der Waals surface area contributed by atoms with Crippen LogP contribution in [-0.2, 0) is 6.42 Å². The van der Waals surface area contributed by atoms with Gasteiger partial charge in [-0.2, -0.15) is 0 Å². The first-order valence-corrected chi connectivity index (χ1v) is 6.44. The van der Waals surface area contributed by atoms with Gasteiger partial charge in [-0.1, -0.05) is 23.7 Å². The second-order valence-electron chi connectivity index (χ2n) is 4.42. The SMILES string of the molecule is CC(Cc1ccc(F)cc1)Nc1ncnc(Cl)c1C=O. The van der Waals surface area contributed by atoms with Crippen LogP contribution in [0.4, 0.5) is 10.2 Å². The lowest BCUT2D eigenvalue weighted by molar-refractivity contribution is 0.112. The third-order valence-corrected chi connectivity index (χ3v) is 3.09. The quantitative estimate of drug-likeness (QED) is 0.680. The summed E-state index contributed by atoms with van der Waals surface area (Å²) >= 11 is 5.83. The molecule has 0 bridgehead atoms. The monoisotopic (exact) mass is 293 g/mol. The first kappa shape index (κ1) is 14.4. The van der Waals surface area contributed by atoms with Crippen molar-refractivity contribution in [2.24, 2.45) is 0 Å². The summed E-state index contributed by atoms with van der Waals surface area (Å²) in [5, 5.41) is 3.22. The first-order valence-electron chi connectivity index (χ1n) is 6.07. The molecule has 0 spiro atoms. The highest BCUT2D eigenvalue weighted by Crippen LogP contribution is 2.18. The van der Waals surface area contributed by atoms with E-state index in [0.717, 1.165) is 5.56 Å². The lowest BCUT2D eigenvalue weighted by Crippen LogP contribution is -2.20. The highest BCUT2D eigenvalue weighted by atomic mass is 35.5. The average Bonchev–Trinajstić information content (AvgIpc) is 2.42. The number of carbonyl (C=O) groups is 1. The van der Waals surface area contributed by atoms with E-state index in [1.54, 1.807) is 12.1 Å². The number of nitrogens with zero attached hydrogens (tertiary/aromatic N) is 2. The zero-order valence-corrected chi connectivity index (χ0v) is 11.6. The van der Waals surface area contributed by atoms with Crippen molar-refractivity contribution in [1.82, 2.24) is 9.97 Å². The molecular weight excluding hydrogens is 281 g/mol. The van der Waals surface area contributed by atoms with Crippen molar-refractivity contribution >= 4 is 23.7 Å². The number of benzene rings is 1. The maximum Gasteiger partial charge on any atom is 0.156 e. The Balaban J connectivity index is 2.08. The van der Waals surface area contributed by atoms with Gasteiger partial charge in [-0.05, 0) is 31.0 Å². The second-order valence-corrected chi connectivity index (χ2v) is 4.78. The van der Waals surface area contributed by atoms with E-state index in [0.29, 0.717) is 18.5 Å². The summed E-state index contributed by atoms with van der Waals surface area (Å²) in [6.45, 7) is 1.94. The van der Waals surface area contributed by atoms with Gasteiger partial charge in [0.2, 0.25) is 0 Å². The predicted octanol–water partition coefficient (Wildman–Crippen LogP) is 3.12. The van der Waals surface area contributed by atoms with E-state index in [-0.39, 0.29) is 22.6 Å². The number of halogens is 2. The van der Waals surface area contributed by atoms with Crippen LogP contribution in [0.3, 0.4) is 0 Å². The number of anilines is 1. The lowest BCUT2D eigenvalue weighted by atomic mass is 10.1. The van der Waals surface area contributed by atoms with Crippen molar-refractivity contribution in [3.8, 4) is 0 Å². The zero-order chi connectivity index (χ0) is 14.5. The van der Waals surface area contributed by atoms with E-state index in [9.17, 15) is 9.18 Å². The summed E-state index contributed by atoms with van der Waals surface area (Å²) in [7, 11) is 0. The van der Waals surface area contributed by atoms with Crippen LogP contribution in [0.1, 0.15) is 22.8 Å². The molecule has 1 heterocycles. The van der Waals surface area contributed by atoms with Gasteiger partial charge in [0.15, 0.2) is 6.29 Å². The van der Waals surface area contributed by atoms with Crippen molar-refractivity contribution in [1.29, 1.82) is 0 Å². The molecule has 1 aromatic heterocycles. The van der Waals surface area contributed by atoms with E-state index in [1.807, 2.05) is 6.92 Å². The van der Waals surface area contributed by atoms with Crippen molar-refractivity contribution in [3.05, 3.63) is 52.7 Å². The number of aldehydes is 1. The molecule has 6 heteroatoms. The van der Waals surface area contributed by atoms with Gasteiger partial charge >= 0.3 is 0 Å². The van der Waals surface area contributed by atoms with Gasteiger partial charge in [0.05, 0.1) is 5.56 Å². The van der Waals surface area contributed by atoms with Crippen LogP contribution in [0.15, 0.2) is 30.6 Å². The largest absolute Gasteiger partial charge is 0.367 e. The van der Waals surface area contributed by atoms with Gasteiger partial charge in [0, 0.05) is 6.04 Å². The number of rotatable bonds is 5. The molecule has 0 amide bonds. The van der Waals surface area contributed by atoms with Gasteiger partial charge in [-0.15, -0.1) is 0 Å². The average molecular weight is 294 g/mol. The Kier molecular flexibility index (Phi) is 4.63. The van der Waals surface area contributed by atoms with Gasteiger partial charge in [-0.3, -0.25) is 4.79 Å². The second kappa shape index (κ2) is 6.43. The fourth-order valence-corrected chi connectivity index (χ4v) is 2.03. The molecule has 0 aliphatic rings. The van der Waals surface area contributed by atoms with Crippen LogP contribution < -0.4 is 5.32 Å². The molecule has 0 saturated heterocycles. The summed E-state index contributed by atoms with van der Waals surface area (Å²) in [6.07, 6.45) is 2.58. The molecule has 1 atom stereocenters. The zero-order valence-electron chi connectivity index (χ0n) is 10.8. The number of hydrogen-bond acceptors (Lipinski definition) is 4. The summed E-state index contributed by atoms with van der Waals surface area (Å²) in [5.41, 5.74) is 1.22. The van der Waals surface area contributed by atoms with E-state index in [1.165, 1.54) is 18.5 Å². The van der Waals surface area contributed by atoms with Crippen molar-refractivity contribution in [3.63, 3.8) is 0 Å². The summed E-state index contributed by atoms with van der Waals surface area (Å²) in [5.74, 6) is 0.134. The minimum absolute atomic E-state index is 0.00475. The highest BCUT2D eigenvalue weighted by molar-refractivity contribution is 6.32. The maximum absolute atomic E-state index is 12.8. The Labute approximate surface area is 121 Å². The standard InChI is InChI=1S/C14H13ClFN3O/c1-9(6-10-2-4-11(16)5-3-10)19-14-12(7-20)13(15)17-8-18-14/h2-5,7-9H,6H2,1H3,(H,17,18,19). The maximum atomic E-state index is 12.8. The molecule has 2 rings (SSSR count). The Morgan fingerprint density at radius 3 is 2.70 bits per heavy atom. The fraction of sp³-hybridized carbons (Fsp3) is 0.214. The molecule has 2 aromatic rings. The first-order chi connectivity index (χ1) is 9.60. The molecule has 0 radical (unpaired) electrons. The molecule has 20 heavy (non-hydrogen) atoms. The summed E-state index contributed by atoms with van der Waals surface area (Å²) < 4.78 is 12.8. The number of aromatic nitrogens is 2. The van der Waals surface area contributed by atoms with Gasteiger partial charge in [0.25, 0.3) is 0 Å². The van der Waals surface area contributed by atoms with Gasteiger partial charge < -0.3 is 5.32 Å². The lowest BCUT2D eigenvalue weighted by Gasteiger charge is -2.15. The Morgan fingerprint density at radius 2 is 2.05 bits per heavy atom.